The lowest BCUT2D eigenvalue weighted by Crippen LogP contribution is -2.11. The molecule has 25 heavy (non-hydrogen) atoms. The highest BCUT2D eigenvalue weighted by Gasteiger charge is 2.22. The number of methoxy groups -OCH3 is 5. The summed E-state index contributed by atoms with van der Waals surface area (Å²) in [5, 5.41) is 0. The molecule has 0 amide bonds. The van der Waals surface area contributed by atoms with Crippen molar-refractivity contribution in [2.75, 3.05) is 35.5 Å². The quantitative estimate of drug-likeness (QED) is 0.563. The third kappa shape index (κ3) is 3.71. The highest BCUT2D eigenvalue weighted by atomic mass is 16.5. The fourth-order valence-electron chi connectivity index (χ4n) is 2.30. The van der Waals surface area contributed by atoms with Gasteiger partial charge in [-0.3, -0.25) is 0 Å². The molecule has 7 nitrogen and oxygen atoms in total. The van der Waals surface area contributed by atoms with E-state index in [1.54, 1.807) is 30.3 Å². The first-order chi connectivity index (χ1) is 12.1. The Morgan fingerprint density at radius 1 is 0.680 bits per heavy atom. The Balaban J connectivity index is 2.35. The Morgan fingerprint density at radius 2 is 1.28 bits per heavy atom. The zero-order valence-corrected chi connectivity index (χ0v) is 14.7. The summed E-state index contributed by atoms with van der Waals surface area (Å²) < 4.78 is 31.5. The maximum absolute atomic E-state index is 12.5. The van der Waals surface area contributed by atoms with Crippen LogP contribution in [0, 0.1) is 0 Å². The second-order valence-electron chi connectivity index (χ2n) is 4.79. The number of ether oxygens (including phenoxy) is 6. The lowest BCUT2D eigenvalue weighted by atomic mass is 10.1. The largest absolute Gasteiger partial charge is 0.493 e. The van der Waals surface area contributed by atoms with Gasteiger partial charge in [0.2, 0.25) is 5.75 Å². The molecule has 0 aliphatic carbocycles. The van der Waals surface area contributed by atoms with E-state index in [1.807, 2.05) is 0 Å². The van der Waals surface area contributed by atoms with Crippen molar-refractivity contribution in [2.24, 2.45) is 0 Å². The van der Waals surface area contributed by atoms with Crippen molar-refractivity contribution in [3.8, 4) is 34.5 Å². The van der Waals surface area contributed by atoms with Crippen LogP contribution in [0.15, 0.2) is 30.3 Å². The molecule has 2 rings (SSSR count). The average molecular weight is 348 g/mol. The number of hydrogen-bond acceptors (Lipinski definition) is 7. The molecule has 0 aliphatic heterocycles. The molecule has 0 spiro atoms. The standard InChI is InChI=1S/C18H20O7/c1-20-13-8-6-11(10-15(13)22-3)25-18(19)12-7-9-14(21-2)17(24-5)16(12)23-4/h6-10H,1-5H3. The van der Waals surface area contributed by atoms with E-state index in [-0.39, 0.29) is 11.3 Å². The second-order valence-corrected chi connectivity index (χ2v) is 4.79. The topological polar surface area (TPSA) is 72.5 Å². The van der Waals surface area contributed by atoms with E-state index in [0.29, 0.717) is 28.7 Å². The van der Waals surface area contributed by atoms with Crippen molar-refractivity contribution < 1.29 is 33.2 Å². The summed E-state index contributed by atoms with van der Waals surface area (Å²) in [6, 6.07) is 7.96. The molecule has 0 aromatic heterocycles. The van der Waals surface area contributed by atoms with Gasteiger partial charge in [-0.2, -0.15) is 0 Å². The average Bonchev–Trinajstić information content (AvgIpc) is 2.66. The molecule has 0 radical (unpaired) electrons. The van der Waals surface area contributed by atoms with Gasteiger partial charge in [0, 0.05) is 6.07 Å². The Labute approximate surface area is 146 Å². The van der Waals surface area contributed by atoms with Gasteiger partial charge in [0.05, 0.1) is 35.5 Å². The number of carbonyl (C=O) groups excluding carboxylic acids is 1. The van der Waals surface area contributed by atoms with Gasteiger partial charge >= 0.3 is 5.97 Å². The summed E-state index contributed by atoms with van der Waals surface area (Å²) in [5.74, 6) is 1.67. The molecule has 2 aromatic rings. The molecule has 7 heteroatoms. The van der Waals surface area contributed by atoms with Crippen LogP contribution in [-0.4, -0.2) is 41.5 Å². The molecule has 0 N–H and O–H groups in total. The van der Waals surface area contributed by atoms with Crippen LogP contribution in [0.1, 0.15) is 10.4 Å². The van der Waals surface area contributed by atoms with E-state index >= 15 is 0 Å². The van der Waals surface area contributed by atoms with Gasteiger partial charge in [0.25, 0.3) is 0 Å². The van der Waals surface area contributed by atoms with E-state index < -0.39 is 5.97 Å². The lowest BCUT2D eigenvalue weighted by molar-refractivity contribution is 0.0730. The van der Waals surface area contributed by atoms with E-state index in [1.165, 1.54) is 35.5 Å². The van der Waals surface area contributed by atoms with Gasteiger partial charge in [0.15, 0.2) is 23.0 Å². The van der Waals surface area contributed by atoms with Crippen LogP contribution < -0.4 is 28.4 Å². The molecule has 0 saturated carbocycles. The molecular weight excluding hydrogens is 328 g/mol. The first-order valence-electron chi connectivity index (χ1n) is 7.32. The van der Waals surface area contributed by atoms with Gasteiger partial charge in [-0.15, -0.1) is 0 Å². The van der Waals surface area contributed by atoms with Gasteiger partial charge in [-0.05, 0) is 24.3 Å². The third-order valence-corrected chi connectivity index (χ3v) is 3.49. The number of esters is 1. The van der Waals surface area contributed by atoms with Crippen molar-refractivity contribution in [1.29, 1.82) is 0 Å². The Hall–Kier alpha value is -3.09. The van der Waals surface area contributed by atoms with Crippen LogP contribution in [0.3, 0.4) is 0 Å². The van der Waals surface area contributed by atoms with Crippen LogP contribution >= 0.6 is 0 Å². The Morgan fingerprint density at radius 3 is 1.84 bits per heavy atom. The zero-order chi connectivity index (χ0) is 18.4. The summed E-state index contributed by atoms with van der Waals surface area (Å²) in [4.78, 5) is 12.5. The maximum atomic E-state index is 12.5. The van der Waals surface area contributed by atoms with Crippen molar-refractivity contribution in [1.82, 2.24) is 0 Å². The predicted molar refractivity (Wildman–Crippen MR) is 90.6 cm³/mol. The van der Waals surface area contributed by atoms with Crippen molar-refractivity contribution >= 4 is 5.97 Å². The predicted octanol–water partition coefficient (Wildman–Crippen LogP) is 2.95. The van der Waals surface area contributed by atoms with Gasteiger partial charge in [-0.1, -0.05) is 0 Å². The maximum Gasteiger partial charge on any atom is 0.347 e. The molecule has 0 fully saturated rings. The first kappa shape index (κ1) is 18.3. The highest BCUT2D eigenvalue weighted by Crippen LogP contribution is 2.40. The molecule has 134 valence electrons. The summed E-state index contributed by atoms with van der Waals surface area (Å²) >= 11 is 0. The molecule has 0 saturated heterocycles. The Kier molecular flexibility index (Phi) is 5.94. The van der Waals surface area contributed by atoms with Crippen molar-refractivity contribution in [3.63, 3.8) is 0 Å². The zero-order valence-electron chi connectivity index (χ0n) is 14.7. The van der Waals surface area contributed by atoms with E-state index in [2.05, 4.69) is 0 Å². The van der Waals surface area contributed by atoms with Crippen LogP contribution in [0.2, 0.25) is 0 Å². The normalized spacial score (nSPS) is 9.96. The van der Waals surface area contributed by atoms with E-state index in [4.69, 9.17) is 28.4 Å². The van der Waals surface area contributed by atoms with Gasteiger partial charge in [0.1, 0.15) is 11.3 Å². The van der Waals surface area contributed by atoms with E-state index in [0.717, 1.165) is 0 Å². The molecule has 0 bridgehead atoms. The fraction of sp³-hybridized carbons (Fsp3) is 0.278. The molecule has 0 aliphatic rings. The van der Waals surface area contributed by atoms with E-state index in [9.17, 15) is 4.79 Å². The lowest BCUT2D eigenvalue weighted by Gasteiger charge is -2.15. The van der Waals surface area contributed by atoms with Crippen LogP contribution in [-0.2, 0) is 0 Å². The minimum Gasteiger partial charge on any atom is -0.493 e. The van der Waals surface area contributed by atoms with Crippen molar-refractivity contribution in [2.45, 2.75) is 0 Å². The Bertz CT molecular complexity index is 755. The SMILES string of the molecule is COc1ccc(OC(=O)c2ccc(OC)c(OC)c2OC)cc1OC. The summed E-state index contributed by atoms with van der Waals surface area (Å²) in [6.45, 7) is 0. The number of hydrogen-bond donors (Lipinski definition) is 0. The minimum atomic E-state index is -0.606. The molecule has 0 atom stereocenters. The molecular formula is C18H20O7. The summed E-state index contributed by atoms with van der Waals surface area (Å²) in [5.41, 5.74) is 0.204. The fourth-order valence-corrected chi connectivity index (χ4v) is 2.30. The summed E-state index contributed by atoms with van der Waals surface area (Å²) in [6.07, 6.45) is 0. The molecule has 2 aromatic carbocycles. The summed E-state index contributed by atoms with van der Waals surface area (Å²) in [7, 11) is 7.42. The van der Waals surface area contributed by atoms with Gasteiger partial charge < -0.3 is 28.4 Å². The third-order valence-electron chi connectivity index (χ3n) is 3.49. The monoisotopic (exact) mass is 348 g/mol. The molecule has 0 heterocycles. The van der Waals surface area contributed by atoms with Crippen LogP contribution in [0.25, 0.3) is 0 Å². The van der Waals surface area contributed by atoms with Gasteiger partial charge in [-0.25, -0.2) is 4.79 Å². The highest BCUT2D eigenvalue weighted by molar-refractivity contribution is 5.95. The van der Waals surface area contributed by atoms with Crippen molar-refractivity contribution in [3.05, 3.63) is 35.9 Å². The number of benzene rings is 2. The van der Waals surface area contributed by atoms with Crippen LogP contribution in [0.5, 0.6) is 34.5 Å². The van der Waals surface area contributed by atoms with Crippen LogP contribution in [0.4, 0.5) is 0 Å². The minimum absolute atomic E-state index is 0.204. The molecule has 0 unspecified atom stereocenters. The number of rotatable bonds is 7. The second kappa shape index (κ2) is 8.14. The number of carbonyl (C=O) groups is 1. The first-order valence-corrected chi connectivity index (χ1v) is 7.32. The smallest absolute Gasteiger partial charge is 0.347 e.